The summed E-state index contributed by atoms with van der Waals surface area (Å²) >= 11 is 0. The summed E-state index contributed by atoms with van der Waals surface area (Å²) in [5, 5.41) is 2.99. The molecule has 0 heterocycles. The average Bonchev–Trinajstić information content (AvgIpc) is 2.83. The van der Waals surface area contributed by atoms with Crippen LogP contribution in [0, 0.1) is 6.92 Å². The number of hydrogen-bond donors (Lipinski definition) is 1. The third-order valence-electron chi connectivity index (χ3n) is 5.28. The number of amides is 1. The van der Waals surface area contributed by atoms with E-state index in [1.807, 2.05) is 45.0 Å². The van der Waals surface area contributed by atoms with Gasteiger partial charge in [0.1, 0.15) is 12.3 Å². The molecular weight excluding hydrogens is 436 g/mol. The largest absolute Gasteiger partial charge is 0.492 e. The van der Waals surface area contributed by atoms with E-state index in [9.17, 15) is 13.2 Å². The van der Waals surface area contributed by atoms with Gasteiger partial charge >= 0.3 is 0 Å². The summed E-state index contributed by atoms with van der Waals surface area (Å²) < 4.78 is 33.9. The van der Waals surface area contributed by atoms with Gasteiger partial charge in [-0.05, 0) is 50.1 Å². The lowest BCUT2D eigenvalue weighted by Gasteiger charge is -2.27. The second-order valence-corrected chi connectivity index (χ2v) is 9.53. The fourth-order valence-corrected chi connectivity index (χ4v) is 5.00. The molecular formula is C26H30N2O4S. The van der Waals surface area contributed by atoms with Crippen molar-refractivity contribution < 1.29 is 17.9 Å². The monoisotopic (exact) mass is 466 g/mol. The Labute approximate surface area is 196 Å². The van der Waals surface area contributed by atoms with Crippen molar-refractivity contribution in [2.45, 2.75) is 38.1 Å². The van der Waals surface area contributed by atoms with E-state index in [1.54, 1.807) is 42.5 Å². The number of para-hydroxylation sites is 2. The first-order chi connectivity index (χ1) is 15.9. The molecule has 7 heteroatoms. The minimum Gasteiger partial charge on any atom is -0.492 e. The molecule has 0 saturated heterocycles. The van der Waals surface area contributed by atoms with E-state index in [0.717, 1.165) is 15.4 Å². The Morgan fingerprint density at radius 1 is 0.939 bits per heavy atom. The zero-order valence-electron chi connectivity index (χ0n) is 19.2. The Morgan fingerprint density at radius 3 is 2.21 bits per heavy atom. The van der Waals surface area contributed by atoms with Crippen molar-refractivity contribution in [1.29, 1.82) is 0 Å². The molecule has 1 N–H and O–H groups in total. The van der Waals surface area contributed by atoms with Crippen LogP contribution < -0.4 is 14.4 Å². The number of sulfonamides is 1. The molecule has 0 spiro atoms. The summed E-state index contributed by atoms with van der Waals surface area (Å²) in [7, 11) is -4.01. The Balaban J connectivity index is 1.95. The molecule has 3 rings (SSSR count). The van der Waals surface area contributed by atoms with Crippen molar-refractivity contribution in [2.24, 2.45) is 0 Å². The number of ether oxygens (including phenoxy) is 1. The van der Waals surface area contributed by atoms with E-state index in [1.165, 1.54) is 12.1 Å². The van der Waals surface area contributed by atoms with E-state index in [-0.39, 0.29) is 17.5 Å². The van der Waals surface area contributed by atoms with E-state index >= 15 is 0 Å². The minimum absolute atomic E-state index is 0.106. The summed E-state index contributed by atoms with van der Waals surface area (Å²) in [5.41, 5.74) is 2.43. The van der Waals surface area contributed by atoms with Gasteiger partial charge < -0.3 is 10.1 Å². The highest BCUT2D eigenvalue weighted by Gasteiger charge is 2.30. The molecule has 0 fully saturated rings. The molecule has 0 aromatic heterocycles. The standard InChI is InChI=1S/C26H30N2O4S/c1-4-23(21-17-15-20(3)16-18-21)27-26(29)19-28(24-13-9-10-14-25(24)32-5-2)33(30,31)22-11-7-6-8-12-22/h6-18,23H,4-5,19H2,1-3H3,(H,27,29). The number of hydrogen-bond acceptors (Lipinski definition) is 4. The predicted molar refractivity (Wildman–Crippen MR) is 131 cm³/mol. The molecule has 1 amide bonds. The van der Waals surface area contributed by atoms with Gasteiger partial charge in [0.05, 0.1) is 23.2 Å². The molecule has 1 unspecified atom stereocenters. The molecule has 1 atom stereocenters. The van der Waals surface area contributed by atoms with Crippen LogP contribution in [0.3, 0.4) is 0 Å². The molecule has 0 saturated carbocycles. The Bertz CT molecular complexity index is 1160. The summed E-state index contributed by atoms with van der Waals surface area (Å²) in [6, 6.07) is 22.7. The van der Waals surface area contributed by atoms with E-state index in [2.05, 4.69) is 5.32 Å². The van der Waals surface area contributed by atoms with Crippen LogP contribution in [0.15, 0.2) is 83.8 Å². The lowest BCUT2D eigenvalue weighted by molar-refractivity contribution is -0.120. The third kappa shape index (κ3) is 5.93. The Morgan fingerprint density at radius 2 is 1.58 bits per heavy atom. The maximum Gasteiger partial charge on any atom is 0.264 e. The maximum absolute atomic E-state index is 13.6. The Hall–Kier alpha value is -3.32. The summed E-state index contributed by atoms with van der Waals surface area (Å²) in [5.74, 6) is 0.00566. The van der Waals surface area contributed by atoms with Crippen molar-refractivity contribution in [1.82, 2.24) is 5.32 Å². The number of carbonyl (C=O) groups is 1. The number of nitrogens with one attached hydrogen (secondary N) is 1. The summed E-state index contributed by atoms with van der Waals surface area (Å²) in [4.78, 5) is 13.2. The van der Waals surface area contributed by atoms with Crippen LogP contribution in [-0.2, 0) is 14.8 Å². The van der Waals surface area contributed by atoms with Crippen LogP contribution in [-0.4, -0.2) is 27.5 Å². The van der Waals surface area contributed by atoms with Crippen LogP contribution in [0.4, 0.5) is 5.69 Å². The van der Waals surface area contributed by atoms with Gasteiger partial charge in [-0.25, -0.2) is 8.42 Å². The van der Waals surface area contributed by atoms with Crippen molar-refractivity contribution in [3.8, 4) is 5.75 Å². The van der Waals surface area contributed by atoms with Crippen LogP contribution in [0.25, 0.3) is 0 Å². The minimum atomic E-state index is -4.01. The first-order valence-electron chi connectivity index (χ1n) is 11.0. The predicted octanol–water partition coefficient (Wildman–Crippen LogP) is 4.86. The van der Waals surface area contributed by atoms with E-state index in [0.29, 0.717) is 24.5 Å². The highest BCUT2D eigenvalue weighted by Crippen LogP contribution is 2.32. The van der Waals surface area contributed by atoms with Crippen LogP contribution in [0.2, 0.25) is 0 Å². The van der Waals surface area contributed by atoms with Gasteiger partial charge in [0.2, 0.25) is 5.91 Å². The molecule has 3 aromatic rings. The van der Waals surface area contributed by atoms with E-state index in [4.69, 9.17) is 4.74 Å². The maximum atomic E-state index is 13.6. The van der Waals surface area contributed by atoms with Crippen LogP contribution in [0.1, 0.15) is 37.4 Å². The van der Waals surface area contributed by atoms with Crippen LogP contribution >= 0.6 is 0 Å². The quantitative estimate of drug-likeness (QED) is 0.463. The number of carbonyl (C=O) groups excluding carboxylic acids is 1. The highest BCUT2D eigenvalue weighted by molar-refractivity contribution is 7.92. The van der Waals surface area contributed by atoms with Crippen molar-refractivity contribution in [3.63, 3.8) is 0 Å². The van der Waals surface area contributed by atoms with Gasteiger partial charge in [-0.15, -0.1) is 0 Å². The molecule has 6 nitrogen and oxygen atoms in total. The zero-order chi connectivity index (χ0) is 23.8. The lowest BCUT2D eigenvalue weighted by Crippen LogP contribution is -2.42. The van der Waals surface area contributed by atoms with Crippen LogP contribution in [0.5, 0.6) is 5.75 Å². The van der Waals surface area contributed by atoms with Gasteiger partial charge in [-0.1, -0.05) is 67.1 Å². The molecule has 3 aromatic carbocycles. The van der Waals surface area contributed by atoms with Crippen molar-refractivity contribution in [2.75, 3.05) is 17.5 Å². The molecule has 0 aliphatic rings. The molecule has 0 aliphatic heterocycles. The molecule has 0 bridgehead atoms. The number of nitrogens with zero attached hydrogens (tertiary/aromatic N) is 1. The van der Waals surface area contributed by atoms with Crippen molar-refractivity contribution >= 4 is 21.6 Å². The van der Waals surface area contributed by atoms with Gasteiger partial charge in [0.25, 0.3) is 10.0 Å². The smallest absolute Gasteiger partial charge is 0.264 e. The first kappa shape index (κ1) is 24.3. The topological polar surface area (TPSA) is 75.7 Å². The van der Waals surface area contributed by atoms with Crippen molar-refractivity contribution in [3.05, 3.63) is 90.0 Å². The lowest BCUT2D eigenvalue weighted by atomic mass is 10.0. The fraction of sp³-hybridized carbons (Fsp3) is 0.269. The molecule has 0 aliphatic carbocycles. The molecule has 174 valence electrons. The third-order valence-corrected chi connectivity index (χ3v) is 7.05. The Kier molecular flexibility index (Phi) is 8.11. The van der Waals surface area contributed by atoms with Gasteiger partial charge in [-0.2, -0.15) is 0 Å². The second kappa shape index (κ2) is 11.0. The SMILES string of the molecule is CCOc1ccccc1N(CC(=O)NC(CC)c1ccc(C)cc1)S(=O)(=O)c1ccccc1. The molecule has 33 heavy (non-hydrogen) atoms. The number of rotatable bonds is 10. The number of anilines is 1. The fourth-order valence-electron chi connectivity index (χ4n) is 3.55. The normalized spacial score (nSPS) is 12.1. The van der Waals surface area contributed by atoms with Gasteiger partial charge in [0.15, 0.2) is 0 Å². The first-order valence-corrected chi connectivity index (χ1v) is 12.5. The molecule has 0 radical (unpaired) electrons. The second-order valence-electron chi connectivity index (χ2n) is 7.66. The van der Waals surface area contributed by atoms with Gasteiger partial charge in [-0.3, -0.25) is 9.10 Å². The van der Waals surface area contributed by atoms with E-state index < -0.39 is 15.9 Å². The average molecular weight is 467 g/mol. The number of aryl methyl sites for hydroxylation is 1. The zero-order valence-corrected chi connectivity index (χ0v) is 20.0. The summed E-state index contributed by atoms with van der Waals surface area (Å²) in [6.07, 6.45) is 0.676. The van der Waals surface area contributed by atoms with Gasteiger partial charge in [0, 0.05) is 0 Å². The summed E-state index contributed by atoms with van der Waals surface area (Å²) in [6.45, 7) is 5.81. The highest BCUT2D eigenvalue weighted by atomic mass is 32.2. The number of benzene rings is 3.